The summed E-state index contributed by atoms with van der Waals surface area (Å²) in [5, 5.41) is 14.7. The highest BCUT2D eigenvalue weighted by atomic mass is 16.4. The molecule has 2 aromatic heterocycles. The number of benzene rings is 1. The number of anilines is 1. The predicted molar refractivity (Wildman–Crippen MR) is 94.3 cm³/mol. The Hall–Kier alpha value is -2.96. The van der Waals surface area contributed by atoms with Crippen molar-refractivity contribution in [1.29, 1.82) is 0 Å². The van der Waals surface area contributed by atoms with E-state index in [4.69, 9.17) is 4.42 Å². The van der Waals surface area contributed by atoms with Crippen LogP contribution in [0.15, 0.2) is 34.7 Å². The molecule has 0 aliphatic carbocycles. The molecule has 7 nitrogen and oxygen atoms in total. The molecule has 0 fully saturated rings. The lowest BCUT2D eigenvalue weighted by atomic mass is 9.87. The van der Waals surface area contributed by atoms with E-state index in [2.05, 4.69) is 41.4 Å². The molecule has 0 atom stereocenters. The number of carbonyl (C=O) groups is 1. The van der Waals surface area contributed by atoms with Crippen molar-refractivity contribution in [2.24, 2.45) is 7.05 Å². The van der Waals surface area contributed by atoms with E-state index < -0.39 is 0 Å². The molecule has 3 aromatic rings. The Labute approximate surface area is 146 Å². The second kappa shape index (κ2) is 6.16. The third kappa shape index (κ3) is 3.60. The summed E-state index contributed by atoms with van der Waals surface area (Å²) in [5.74, 6) is -0.0325. The summed E-state index contributed by atoms with van der Waals surface area (Å²) in [6, 6.07) is 9.35. The highest BCUT2D eigenvalue weighted by Gasteiger charge is 2.17. The molecule has 2 heterocycles. The van der Waals surface area contributed by atoms with Crippen LogP contribution < -0.4 is 5.32 Å². The third-order valence-corrected chi connectivity index (χ3v) is 3.99. The largest absolute Gasteiger partial charge is 0.401 e. The van der Waals surface area contributed by atoms with E-state index >= 15 is 0 Å². The fourth-order valence-corrected chi connectivity index (χ4v) is 2.33. The highest BCUT2D eigenvalue weighted by molar-refractivity contribution is 6.03. The predicted octanol–water partition coefficient (Wildman–Crippen LogP) is 3.33. The van der Waals surface area contributed by atoms with Crippen molar-refractivity contribution in [3.63, 3.8) is 0 Å². The van der Waals surface area contributed by atoms with E-state index in [-0.39, 0.29) is 23.2 Å². The van der Waals surface area contributed by atoms with Gasteiger partial charge in [-0.25, -0.2) is 0 Å². The van der Waals surface area contributed by atoms with Gasteiger partial charge < -0.3 is 4.42 Å². The third-order valence-electron chi connectivity index (χ3n) is 3.99. The normalized spacial score (nSPS) is 11.6. The zero-order valence-electron chi connectivity index (χ0n) is 15.0. The quantitative estimate of drug-likeness (QED) is 0.791. The summed E-state index contributed by atoms with van der Waals surface area (Å²) in [4.78, 5) is 12.3. The first-order valence-electron chi connectivity index (χ1n) is 8.00. The van der Waals surface area contributed by atoms with Crippen molar-refractivity contribution < 1.29 is 9.21 Å². The number of rotatable bonds is 3. The van der Waals surface area contributed by atoms with Crippen molar-refractivity contribution in [2.75, 3.05) is 5.32 Å². The van der Waals surface area contributed by atoms with Crippen LogP contribution in [0.2, 0.25) is 0 Å². The van der Waals surface area contributed by atoms with Gasteiger partial charge in [0.05, 0.1) is 0 Å². The fraction of sp³-hybridized carbons (Fsp3) is 0.333. The maximum absolute atomic E-state index is 12.3. The van der Waals surface area contributed by atoms with Crippen LogP contribution in [0.4, 0.5) is 6.01 Å². The van der Waals surface area contributed by atoms with Crippen LogP contribution in [-0.2, 0) is 12.5 Å². The number of amides is 1. The van der Waals surface area contributed by atoms with Crippen molar-refractivity contribution in [2.45, 2.75) is 33.1 Å². The lowest BCUT2D eigenvalue weighted by Gasteiger charge is -2.18. The smallest absolute Gasteiger partial charge is 0.322 e. The van der Waals surface area contributed by atoms with Crippen molar-refractivity contribution in [3.05, 3.63) is 47.2 Å². The Morgan fingerprint density at radius 1 is 1.16 bits per heavy atom. The standard InChI is InChI=1S/C18H21N5O2/c1-11-10-14(22-23(11)5)16-20-21-17(25-16)19-15(24)12-6-8-13(9-7-12)18(2,3)4/h6-10H,1-5H3,(H,19,21,24). The molecule has 1 amide bonds. The summed E-state index contributed by atoms with van der Waals surface area (Å²) in [5.41, 5.74) is 3.27. The number of aromatic nitrogens is 4. The van der Waals surface area contributed by atoms with Crippen molar-refractivity contribution in [1.82, 2.24) is 20.0 Å². The molecular weight excluding hydrogens is 318 g/mol. The van der Waals surface area contributed by atoms with Gasteiger partial charge in [-0.1, -0.05) is 38.0 Å². The molecular formula is C18H21N5O2. The second-order valence-electron chi connectivity index (χ2n) is 6.99. The lowest BCUT2D eigenvalue weighted by molar-refractivity contribution is 0.102. The van der Waals surface area contributed by atoms with Crippen LogP contribution in [-0.4, -0.2) is 25.9 Å². The molecule has 0 bridgehead atoms. The zero-order chi connectivity index (χ0) is 18.2. The van der Waals surface area contributed by atoms with Gasteiger partial charge in [0.15, 0.2) is 0 Å². The number of hydrogen-bond acceptors (Lipinski definition) is 5. The van der Waals surface area contributed by atoms with Crippen LogP contribution in [0, 0.1) is 6.92 Å². The van der Waals surface area contributed by atoms with Crippen molar-refractivity contribution in [3.8, 4) is 11.6 Å². The van der Waals surface area contributed by atoms with Gasteiger partial charge in [-0.2, -0.15) is 5.10 Å². The Morgan fingerprint density at radius 2 is 1.84 bits per heavy atom. The first-order chi connectivity index (χ1) is 11.7. The first-order valence-corrected chi connectivity index (χ1v) is 8.00. The van der Waals surface area contributed by atoms with Gasteiger partial charge in [0, 0.05) is 18.3 Å². The maximum Gasteiger partial charge on any atom is 0.322 e. The molecule has 130 valence electrons. The summed E-state index contributed by atoms with van der Waals surface area (Å²) in [7, 11) is 1.83. The summed E-state index contributed by atoms with van der Waals surface area (Å²) < 4.78 is 7.19. The van der Waals surface area contributed by atoms with E-state index in [9.17, 15) is 4.79 Å². The second-order valence-corrected chi connectivity index (χ2v) is 6.99. The molecule has 0 saturated carbocycles. The minimum Gasteiger partial charge on any atom is -0.401 e. The number of nitrogens with one attached hydrogen (secondary N) is 1. The number of hydrogen-bond donors (Lipinski definition) is 1. The summed E-state index contributed by atoms with van der Waals surface area (Å²) in [6.45, 7) is 8.31. The van der Waals surface area contributed by atoms with Crippen LogP contribution >= 0.6 is 0 Å². The fourth-order valence-electron chi connectivity index (χ4n) is 2.33. The SMILES string of the molecule is Cc1cc(-c2nnc(NC(=O)c3ccc(C(C)(C)C)cc3)o2)nn1C. The lowest BCUT2D eigenvalue weighted by Crippen LogP contribution is -2.14. The Kier molecular flexibility index (Phi) is 4.16. The topological polar surface area (TPSA) is 85.8 Å². The van der Waals surface area contributed by atoms with Crippen LogP contribution in [0.5, 0.6) is 0 Å². The number of nitrogens with zero attached hydrogens (tertiary/aromatic N) is 4. The van der Waals surface area contributed by atoms with Crippen LogP contribution in [0.25, 0.3) is 11.6 Å². The monoisotopic (exact) mass is 339 g/mol. The average molecular weight is 339 g/mol. The summed E-state index contributed by atoms with van der Waals surface area (Å²) >= 11 is 0. The van der Waals surface area contributed by atoms with E-state index in [0.717, 1.165) is 11.3 Å². The van der Waals surface area contributed by atoms with E-state index in [1.807, 2.05) is 32.2 Å². The molecule has 25 heavy (non-hydrogen) atoms. The number of aryl methyl sites for hydroxylation is 2. The molecule has 7 heteroatoms. The van der Waals surface area contributed by atoms with Gasteiger partial charge >= 0.3 is 6.01 Å². The molecule has 0 aliphatic heterocycles. The molecule has 0 aliphatic rings. The first kappa shape index (κ1) is 16.9. The van der Waals surface area contributed by atoms with E-state index in [1.54, 1.807) is 16.8 Å². The van der Waals surface area contributed by atoms with Crippen LogP contribution in [0.3, 0.4) is 0 Å². The minimum absolute atomic E-state index is 0.0389. The Bertz CT molecular complexity index is 881. The molecule has 1 aromatic carbocycles. The molecule has 0 spiro atoms. The number of carbonyl (C=O) groups excluding carboxylic acids is 1. The zero-order valence-corrected chi connectivity index (χ0v) is 15.0. The minimum atomic E-state index is -0.298. The Balaban J connectivity index is 1.73. The molecule has 0 saturated heterocycles. The van der Waals surface area contributed by atoms with Crippen molar-refractivity contribution >= 4 is 11.9 Å². The summed E-state index contributed by atoms with van der Waals surface area (Å²) in [6.07, 6.45) is 0. The molecule has 3 rings (SSSR count). The van der Waals surface area contributed by atoms with Gasteiger partial charge in [0.1, 0.15) is 5.69 Å². The molecule has 0 unspecified atom stereocenters. The molecule has 0 radical (unpaired) electrons. The van der Waals surface area contributed by atoms with E-state index in [0.29, 0.717) is 11.3 Å². The highest BCUT2D eigenvalue weighted by Crippen LogP contribution is 2.23. The van der Waals surface area contributed by atoms with Gasteiger partial charge in [0.25, 0.3) is 11.8 Å². The van der Waals surface area contributed by atoms with Gasteiger partial charge in [0.2, 0.25) is 0 Å². The molecule has 1 N–H and O–H groups in total. The van der Waals surface area contributed by atoms with Gasteiger partial charge in [-0.15, -0.1) is 5.10 Å². The Morgan fingerprint density at radius 3 is 2.40 bits per heavy atom. The van der Waals surface area contributed by atoms with Gasteiger partial charge in [-0.3, -0.25) is 14.8 Å². The van der Waals surface area contributed by atoms with Gasteiger partial charge in [-0.05, 0) is 36.1 Å². The maximum atomic E-state index is 12.3. The van der Waals surface area contributed by atoms with E-state index in [1.165, 1.54) is 0 Å². The average Bonchev–Trinajstić information content (AvgIpc) is 3.14. The van der Waals surface area contributed by atoms with Crippen LogP contribution in [0.1, 0.15) is 42.4 Å².